The molecule has 0 amide bonds. The fraction of sp³-hybridized carbons (Fsp3) is 0.750. The van der Waals surface area contributed by atoms with Gasteiger partial charge < -0.3 is 5.32 Å². The topological polar surface area (TPSA) is 29.9 Å². The van der Waals surface area contributed by atoms with Gasteiger partial charge in [-0.25, -0.2) is 4.39 Å². The third-order valence-electron chi connectivity index (χ3n) is 3.24. The van der Waals surface area contributed by atoms with E-state index in [1.807, 2.05) is 13.8 Å². The second-order valence-electron chi connectivity index (χ2n) is 4.87. The van der Waals surface area contributed by atoms with Gasteiger partial charge in [0, 0.05) is 12.1 Å². The zero-order valence-electron chi connectivity index (χ0n) is 10.3. The number of hydrogen-bond acceptors (Lipinski definition) is 2. The summed E-state index contributed by atoms with van der Waals surface area (Å²) in [6, 6.07) is -0.00482. The van der Waals surface area contributed by atoms with Gasteiger partial charge in [-0.2, -0.15) is 5.10 Å². The normalized spacial score (nSPS) is 23.0. The largest absolute Gasteiger partial charge is 0.311 e. The molecule has 0 aliphatic carbocycles. The van der Waals surface area contributed by atoms with Crippen molar-refractivity contribution >= 4 is 11.6 Å². The lowest BCUT2D eigenvalue weighted by atomic mass is 9.99. The van der Waals surface area contributed by atoms with Crippen LogP contribution in [0.4, 0.5) is 4.39 Å². The minimum absolute atomic E-state index is 0.124. The van der Waals surface area contributed by atoms with Crippen LogP contribution in [0.5, 0.6) is 0 Å². The summed E-state index contributed by atoms with van der Waals surface area (Å²) in [5.74, 6) is 0. The molecule has 1 saturated heterocycles. The minimum Gasteiger partial charge on any atom is -0.311 e. The molecular formula is C12H19ClFN3. The standard InChI is InChI=1S/C12H19ClFN3/c1-8(2)17-12(9(13)7-16-17)11(14)10-5-3-4-6-15-10/h7-8,10-11,15H,3-6H2,1-2H3. The summed E-state index contributed by atoms with van der Waals surface area (Å²) in [7, 11) is 0. The molecule has 17 heavy (non-hydrogen) atoms. The average Bonchev–Trinajstić information content (AvgIpc) is 2.71. The van der Waals surface area contributed by atoms with E-state index in [1.165, 1.54) is 6.20 Å². The number of nitrogens with zero attached hydrogens (tertiary/aromatic N) is 2. The number of nitrogens with one attached hydrogen (secondary N) is 1. The first-order chi connectivity index (χ1) is 8.11. The molecule has 2 heterocycles. The molecule has 1 N–H and O–H groups in total. The molecule has 0 radical (unpaired) electrons. The number of alkyl halides is 1. The van der Waals surface area contributed by atoms with Crippen LogP contribution in [0.3, 0.4) is 0 Å². The van der Waals surface area contributed by atoms with Gasteiger partial charge in [0.1, 0.15) is 0 Å². The molecule has 5 heteroatoms. The van der Waals surface area contributed by atoms with E-state index >= 15 is 0 Å². The van der Waals surface area contributed by atoms with E-state index in [2.05, 4.69) is 10.4 Å². The molecule has 2 unspecified atom stereocenters. The Balaban J connectivity index is 2.22. The lowest BCUT2D eigenvalue weighted by Crippen LogP contribution is -2.38. The van der Waals surface area contributed by atoms with Crippen LogP contribution in [-0.2, 0) is 0 Å². The molecule has 2 atom stereocenters. The van der Waals surface area contributed by atoms with Gasteiger partial charge in [0.05, 0.1) is 16.9 Å². The van der Waals surface area contributed by atoms with Crippen molar-refractivity contribution in [1.82, 2.24) is 15.1 Å². The highest BCUT2D eigenvalue weighted by Gasteiger charge is 2.29. The summed E-state index contributed by atoms with van der Waals surface area (Å²) < 4.78 is 16.2. The molecule has 1 aliphatic heterocycles. The number of piperidine rings is 1. The molecule has 1 aliphatic rings. The lowest BCUT2D eigenvalue weighted by Gasteiger charge is -2.27. The third kappa shape index (κ3) is 2.63. The Kier molecular flexibility index (Phi) is 4.05. The van der Waals surface area contributed by atoms with Crippen molar-refractivity contribution in [3.05, 3.63) is 16.9 Å². The maximum absolute atomic E-state index is 14.5. The van der Waals surface area contributed by atoms with Gasteiger partial charge in [-0.15, -0.1) is 0 Å². The Morgan fingerprint density at radius 2 is 2.29 bits per heavy atom. The molecule has 0 aromatic carbocycles. The first kappa shape index (κ1) is 12.8. The molecule has 1 aromatic rings. The van der Waals surface area contributed by atoms with E-state index in [4.69, 9.17) is 11.6 Å². The summed E-state index contributed by atoms with van der Waals surface area (Å²) >= 11 is 6.05. The Bertz CT molecular complexity index is 372. The van der Waals surface area contributed by atoms with Gasteiger partial charge in [-0.3, -0.25) is 4.68 Å². The highest BCUT2D eigenvalue weighted by molar-refractivity contribution is 6.31. The van der Waals surface area contributed by atoms with Crippen molar-refractivity contribution in [2.24, 2.45) is 0 Å². The van der Waals surface area contributed by atoms with Gasteiger partial charge in [-0.05, 0) is 33.2 Å². The molecule has 1 aromatic heterocycles. The van der Waals surface area contributed by atoms with Gasteiger partial charge in [0.2, 0.25) is 0 Å². The molecule has 0 saturated carbocycles. The Labute approximate surface area is 106 Å². The van der Waals surface area contributed by atoms with Crippen LogP contribution in [0.15, 0.2) is 6.20 Å². The van der Waals surface area contributed by atoms with E-state index < -0.39 is 6.17 Å². The highest BCUT2D eigenvalue weighted by Crippen LogP contribution is 2.32. The summed E-state index contributed by atoms with van der Waals surface area (Å²) in [5.41, 5.74) is 0.515. The van der Waals surface area contributed by atoms with Gasteiger partial charge in [0.25, 0.3) is 0 Å². The van der Waals surface area contributed by atoms with Crippen LogP contribution in [0.2, 0.25) is 5.02 Å². The van der Waals surface area contributed by atoms with Gasteiger partial charge in [-0.1, -0.05) is 18.0 Å². The Morgan fingerprint density at radius 1 is 1.53 bits per heavy atom. The first-order valence-corrected chi connectivity index (χ1v) is 6.59. The molecule has 3 nitrogen and oxygen atoms in total. The van der Waals surface area contributed by atoms with Crippen LogP contribution in [0.25, 0.3) is 0 Å². The van der Waals surface area contributed by atoms with E-state index in [0.717, 1.165) is 25.8 Å². The van der Waals surface area contributed by atoms with Crippen LogP contribution >= 0.6 is 11.6 Å². The maximum Gasteiger partial charge on any atom is 0.158 e. The first-order valence-electron chi connectivity index (χ1n) is 6.21. The fourth-order valence-electron chi connectivity index (χ4n) is 2.34. The van der Waals surface area contributed by atoms with Crippen LogP contribution in [0.1, 0.15) is 51.0 Å². The average molecular weight is 260 g/mol. The molecule has 1 fully saturated rings. The van der Waals surface area contributed by atoms with Crippen molar-refractivity contribution in [3.63, 3.8) is 0 Å². The number of rotatable bonds is 3. The highest BCUT2D eigenvalue weighted by atomic mass is 35.5. The van der Waals surface area contributed by atoms with E-state index in [-0.39, 0.29) is 12.1 Å². The van der Waals surface area contributed by atoms with E-state index in [1.54, 1.807) is 4.68 Å². The second-order valence-corrected chi connectivity index (χ2v) is 5.28. The van der Waals surface area contributed by atoms with Gasteiger partial charge in [0.15, 0.2) is 6.17 Å². The Morgan fingerprint density at radius 3 is 2.88 bits per heavy atom. The number of halogens is 2. The second kappa shape index (κ2) is 5.36. The molecule has 2 rings (SSSR count). The maximum atomic E-state index is 14.5. The summed E-state index contributed by atoms with van der Waals surface area (Å²) in [4.78, 5) is 0. The fourth-order valence-corrected chi connectivity index (χ4v) is 2.57. The molecule has 0 spiro atoms. The Hall–Kier alpha value is -0.610. The van der Waals surface area contributed by atoms with Crippen molar-refractivity contribution < 1.29 is 4.39 Å². The zero-order chi connectivity index (χ0) is 12.4. The van der Waals surface area contributed by atoms with E-state index in [0.29, 0.717) is 10.7 Å². The molecule has 96 valence electrons. The number of hydrogen-bond donors (Lipinski definition) is 1. The van der Waals surface area contributed by atoms with Crippen molar-refractivity contribution in [2.75, 3.05) is 6.54 Å². The number of aromatic nitrogens is 2. The molecule has 0 bridgehead atoms. The predicted molar refractivity (Wildman–Crippen MR) is 67.1 cm³/mol. The summed E-state index contributed by atoms with van der Waals surface area (Å²) in [5, 5.41) is 7.80. The molecular weight excluding hydrogens is 241 g/mol. The SMILES string of the molecule is CC(C)n1ncc(Cl)c1C(F)C1CCCCN1. The van der Waals surface area contributed by atoms with Crippen molar-refractivity contribution in [2.45, 2.75) is 51.4 Å². The van der Waals surface area contributed by atoms with Crippen LogP contribution in [0, 0.1) is 0 Å². The summed E-state index contributed by atoms with van der Waals surface area (Å²) in [6.45, 7) is 4.85. The van der Waals surface area contributed by atoms with Crippen molar-refractivity contribution in [1.29, 1.82) is 0 Å². The lowest BCUT2D eigenvalue weighted by molar-refractivity contribution is 0.207. The van der Waals surface area contributed by atoms with Crippen molar-refractivity contribution in [3.8, 4) is 0 Å². The summed E-state index contributed by atoms with van der Waals surface area (Å²) in [6.07, 6.45) is 3.52. The minimum atomic E-state index is -1.08. The monoisotopic (exact) mass is 259 g/mol. The quantitative estimate of drug-likeness (QED) is 0.903. The van der Waals surface area contributed by atoms with E-state index in [9.17, 15) is 4.39 Å². The van der Waals surface area contributed by atoms with Gasteiger partial charge >= 0.3 is 0 Å². The van der Waals surface area contributed by atoms with Crippen LogP contribution in [-0.4, -0.2) is 22.4 Å². The predicted octanol–water partition coefficient (Wildman–Crippen LogP) is 3.27. The smallest absolute Gasteiger partial charge is 0.158 e. The third-order valence-corrected chi connectivity index (χ3v) is 3.53. The van der Waals surface area contributed by atoms with Crippen LogP contribution < -0.4 is 5.32 Å². The zero-order valence-corrected chi connectivity index (χ0v) is 11.0.